The van der Waals surface area contributed by atoms with Gasteiger partial charge in [0, 0.05) is 30.7 Å². The van der Waals surface area contributed by atoms with Gasteiger partial charge in [0.25, 0.3) is 0 Å². The number of rotatable bonds is 10. The van der Waals surface area contributed by atoms with E-state index in [1.165, 1.54) is 13.8 Å². The van der Waals surface area contributed by atoms with Crippen LogP contribution in [-0.2, 0) is 14.3 Å². The number of ether oxygens (including phenoxy) is 1. The molecule has 21 heavy (non-hydrogen) atoms. The molecule has 0 spiro atoms. The Morgan fingerprint density at radius 2 is 2.00 bits per heavy atom. The lowest BCUT2D eigenvalue weighted by Gasteiger charge is -2.28. The number of hydrogen-bond donors (Lipinski definition) is 5. The van der Waals surface area contributed by atoms with Gasteiger partial charge in [-0.2, -0.15) is 12.6 Å². The molecule has 122 valence electrons. The van der Waals surface area contributed by atoms with Crippen LogP contribution in [0.1, 0.15) is 20.3 Å². The zero-order valence-corrected chi connectivity index (χ0v) is 12.9. The summed E-state index contributed by atoms with van der Waals surface area (Å²) in [5, 5.41) is 17.9. The standard InChI is InChI=1S/C12H22N2O6S/c1-12(2,7-20-11(18)19)9(16)10(17)14-4-3-8(15)13-5-6-21/h9,16,21H,3-7H2,1-2H3,(H,13,15)(H,14,17)(H,18,19)/i16D. The summed E-state index contributed by atoms with van der Waals surface area (Å²) in [6.45, 7) is 3.28. The Bertz CT molecular complexity index is 394. The summed E-state index contributed by atoms with van der Waals surface area (Å²) in [5.41, 5.74) is -1.03. The second kappa shape index (κ2) is 9.46. The third-order valence-electron chi connectivity index (χ3n) is 2.60. The maximum absolute atomic E-state index is 12.0. The van der Waals surface area contributed by atoms with Crippen LogP contribution in [0.5, 0.6) is 0 Å². The summed E-state index contributed by atoms with van der Waals surface area (Å²) in [6.07, 6.45) is -2.62. The van der Waals surface area contributed by atoms with Gasteiger partial charge in [-0.25, -0.2) is 4.79 Å². The number of thiol groups is 1. The molecule has 0 fully saturated rings. The lowest BCUT2D eigenvalue weighted by Crippen LogP contribution is -2.46. The van der Waals surface area contributed by atoms with Crippen molar-refractivity contribution < 1.29 is 29.3 Å². The molecule has 0 saturated carbocycles. The summed E-state index contributed by atoms with van der Waals surface area (Å²) in [6, 6.07) is 0. The first-order valence-electron chi connectivity index (χ1n) is 6.78. The molecule has 0 aromatic rings. The maximum atomic E-state index is 12.0. The summed E-state index contributed by atoms with van der Waals surface area (Å²) >= 11 is 3.95. The third kappa shape index (κ3) is 8.41. The van der Waals surface area contributed by atoms with Crippen molar-refractivity contribution in [2.24, 2.45) is 5.41 Å². The maximum Gasteiger partial charge on any atom is 0.505 e. The first-order chi connectivity index (χ1) is 10.2. The average Bonchev–Trinajstić information content (AvgIpc) is 2.43. The molecular weight excluding hydrogens is 300 g/mol. The molecule has 0 aliphatic carbocycles. The molecular formula is C12H22N2O6S. The zero-order valence-electron chi connectivity index (χ0n) is 13.0. The van der Waals surface area contributed by atoms with E-state index in [0.717, 1.165) is 0 Å². The van der Waals surface area contributed by atoms with Crippen molar-refractivity contribution in [3.63, 3.8) is 0 Å². The van der Waals surface area contributed by atoms with Crippen LogP contribution in [0.4, 0.5) is 4.79 Å². The molecule has 0 saturated heterocycles. The number of aliphatic hydroxyl groups excluding tert-OH is 1. The molecule has 9 heteroatoms. The highest BCUT2D eigenvalue weighted by molar-refractivity contribution is 7.80. The number of carbonyl (C=O) groups excluding carboxylic acids is 2. The minimum absolute atomic E-state index is 0.0764. The van der Waals surface area contributed by atoms with E-state index in [1.807, 2.05) is 0 Å². The topological polar surface area (TPSA) is 125 Å². The molecule has 1 atom stereocenters. The fourth-order valence-corrected chi connectivity index (χ4v) is 1.47. The van der Waals surface area contributed by atoms with E-state index in [4.69, 9.17) is 6.54 Å². The lowest BCUT2D eigenvalue weighted by atomic mass is 9.87. The molecule has 0 bridgehead atoms. The van der Waals surface area contributed by atoms with Gasteiger partial charge in [0.1, 0.15) is 12.7 Å². The molecule has 0 aromatic heterocycles. The zero-order chi connectivity index (χ0) is 17.2. The molecule has 0 aliphatic heterocycles. The van der Waals surface area contributed by atoms with E-state index < -0.39 is 23.6 Å². The number of aliphatic hydroxyl groups is 1. The first-order valence-corrected chi connectivity index (χ1v) is 7.00. The van der Waals surface area contributed by atoms with Crippen LogP contribution < -0.4 is 10.6 Å². The minimum Gasteiger partial charge on any atom is -0.450 e. The van der Waals surface area contributed by atoms with Gasteiger partial charge in [0.05, 0.1) is 0 Å². The quantitative estimate of drug-likeness (QED) is 0.276. The lowest BCUT2D eigenvalue weighted by molar-refractivity contribution is -0.137. The summed E-state index contributed by atoms with van der Waals surface area (Å²) in [7, 11) is 0. The van der Waals surface area contributed by atoms with Crippen LogP contribution in [0, 0.1) is 5.41 Å². The molecule has 4 N–H and O–H groups in total. The summed E-state index contributed by atoms with van der Waals surface area (Å²) in [5.74, 6) is -0.327. The predicted molar refractivity (Wildman–Crippen MR) is 78.3 cm³/mol. The van der Waals surface area contributed by atoms with Gasteiger partial charge in [-0.3, -0.25) is 9.59 Å². The van der Waals surface area contributed by atoms with Crippen molar-refractivity contribution in [2.45, 2.75) is 26.4 Å². The highest BCUT2D eigenvalue weighted by atomic mass is 32.1. The Morgan fingerprint density at radius 3 is 2.52 bits per heavy atom. The largest absolute Gasteiger partial charge is 0.505 e. The highest BCUT2D eigenvalue weighted by Gasteiger charge is 2.34. The number of carbonyl (C=O) groups is 3. The van der Waals surface area contributed by atoms with E-state index in [1.54, 1.807) is 0 Å². The first kappa shape index (κ1) is 17.6. The van der Waals surface area contributed by atoms with Crippen molar-refractivity contribution in [3.05, 3.63) is 0 Å². The minimum atomic E-state index is -1.47. The van der Waals surface area contributed by atoms with Gasteiger partial charge in [0.15, 0.2) is 0 Å². The van der Waals surface area contributed by atoms with Crippen LogP contribution in [0.3, 0.4) is 0 Å². The number of hydrogen-bond acceptors (Lipinski definition) is 6. The third-order valence-corrected chi connectivity index (χ3v) is 2.82. The molecule has 0 aliphatic rings. The monoisotopic (exact) mass is 323 g/mol. The van der Waals surface area contributed by atoms with Gasteiger partial charge in [-0.15, -0.1) is 0 Å². The number of nitrogens with one attached hydrogen (secondary N) is 2. The number of amides is 2. The van der Waals surface area contributed by atoms with Crippen molar-refractivity contribution in [2.75, 3.05) is 25.4 Å². The van der Waals surface area contributed by atoms with E-state index in [2.05, 4.69) is 33.1 Å². The predicted octanol–water partition coefficient (Wildman–Crippen LogP) is -0.380. The van der Waals surface area contributed by atoms with Gasteiger partial charge in [-0.05, 0) is 0 Å². The smallest absolute Gasteiger partial charge is 0.450 e. The number of carboxylic acid groups (broad SMARTS) is 1. The van der Waals surface area contributed by atoms with Crippen LogP contribution in [0.2, 0.25) is 0 Å². The fraction of sp³-hybridized carbons (Fsp3) is 0.750. The average molecular weight is 323 g/mol. The van der Waals surface area contributed by atoms with E-state index >= 15 is 0 Å². The molecule has 0 heterocycles. The second-order valence-electron chi connectivity index (χ2n) is 5.04. The summed E-state index contributed by atoms with van der Waals surface area (Å²) in [4.78, 5) is 33.7. The van der Waals surface area contributed by atoms with Crippen molar-refractivity contribution in [3.8, 4) is 0 Å². The normalized spacial score (nSPS) is 13.0. The Labute approximate surface area is 130 Å². The Balaban J connectivity index is 4.34. The Kier molecular flexibility index (Phi) is 7.91. The Morgan fingerprint density at radius 1 is 1.33 bits per heavy atom. The van der Waals surface area contributed by atoms with E-state index in [9.17, 15) is 14.4 Å². The van der Waals surface area contributed by atoms with Crippen LogP contribution in [0.15, 0.2) is 0 Å². The molecule has 2 amide bonds. The molecule has 0 rings (SSSR count). The van der Waals surface area contributed by atoms with Gasteiger partial charge in [-0.1, -0.05) is 13.8 Å². The van der Waals surface area contributed by atoms with Crippen LogP contribution >= 0.6 is 12.6 Å². The fourth-order valence-electron chi connectivity index (χ4n) is 1.35. The van der Waals surface area contributed by atoms with Gasteiger partial charge in [0.2, 0.25) is 13.2 Å². The van der Waals surface area contributed by atoms with Gasteiger partial charge >= 0.3 is 6.16 Å². The second-order valence-corrected chi connectivity index (χ2v) is 5.49. The van der Waals surface area contributed by atoms with Crippen molar-refractivity contribution in [1.82, 2.24) is 10.6 Å². The highest BCUT2D eigenvalue weighted by Crippen LogP contribution is 2.21. The van der Waals surface area contributed by atoms with Crippen molar-refractivity contribution in [1.29, 1.82) is 1.43 Å². The Hall–Kier alpha value is -1.48. The van der Waals surface area contributed by atoms with Crippen molar-refractivity contribution >= 4 is 30.6 Å². The van der Waals surface area contributed by atoms with E-state index in [0.29, 0.717) is 12.3 Å². The molecule has 0 radical (unpaired) electrons. The molecule has 8 nitrogen and oxygen atoms in total. The summed E-state index contributed by atoms with van der Waals surface area (Å²) < 4.78 is 11.4. The molecule has 0 aromatic carbocycles. The molecule has 1 unspecified atom stereocenters. The van der Waals surface area contributed by atoms with Crippen LogP contribution in [0.25, 0.3) is 0 Å². The van der Waals surface area contributed by atoms with Gasteiger partial charge < -0.3 is 25.6 Å². The van der Waals surface area contributed by atoms with Crippen LogP contribution in [-0.4, -0.2) is 61.2 Å². The SMILES string of the molecule is [2H]OC(C(=O)NCCC(=O)NCCS)C(C)(C)COC(=O)O. The van der Waals surface area contributed by atoms with E-state index in [-0.39, 0.29) is 25.5 Å².